The molecule has 1 saturated carbocycles. The summed E-state index contributed by atoms with van der Waals surface area (Å²) in [5.41, 5.74) is 1.07. The van der Waals surface area contributed by atoms with Crippen molar-refractivity contribution in [3.05, 3.63) is 29.8 Å². The summed E-state index contributed by atoms with van der Waals surface area (Å²) in [6, 6.07) is 6.02. The van der Waals surface area contributed by atoms with Crippen LogP contribution in [0, 0.1) is 0 Å². The van der Waals surface area contributed by atoms with Crippen LogP contribution in [-0.2, 0) is 0 Å². The molecule has 2 heteroatoms. The van der Waals surface area contributed by atoms with Crippen LogP contribution in [0.2, 0.25) is 0 Å². The number of fused-ring (bicyclic) bond motifs is 1. The van der Waals surface area contributed by atoms with Crippen molar-refractivity contribution in [1.82, 2.24) is 0 Å². The third-order valence-electron chi connectivity index (χ3n) is 3.55. The van der Waals surface area contributed by atoms with E-state index in [1.165, 1.54) is 12.8 Å². The van der Waals surface area contributed by atoms with Crippen molar-refractivity contribution >= 4 is 6.08 Å². The zero-order valence-corrected chi connectivity index (χ0v) is 9.53. The van der Waals surface area contributed by atoms with Gasteiger partial charge in [0.1, 0.15) is 5.60 Å². The van der Waals surface area contributed by atoms with Crippen molar-refractivity contribution in [2.24, 2.45) is 0 Å². The van der Waals surface area contributed by atoms with E-state index in [2.05, 4.69) is 18.2 Å². The van der Waals surface area contributed by atoms with Gasteiger partial charge in [0.05, 0.1) is 7.11 Å². The van der Waals surface area contributed by atoms with E-state index >= 15 is 0 Å². The van der Waals surface area contributed by atoms with Crippen LogP contribution in [0.4, 0.5) is 0 Å². The fraction of sp³-hybridized carbons (Fsp3) is 0.429. The molecule has 3 rings (SSSR count). The van der Waals surface area contributed by atoms with Gasteiger partial charge in [-0.05, 0) is 37.8 Å². The Balaban J connectivity index is 2.03. The molecule has 1 fully saturated rings. The number of para-hydroxylation sites is 1. The van der Waals surface area contributed by atoms with Crippen LogP contribution < -0.4 is 9.47 Å². The minimum atomic E-state index is -0.0539. The molecule has 0 N–H and O–H groups in total. The largest absolute Gasteiger partial charge is 0.493 e. The Morgan fingerprint density at radius 3 is 2.81 bits per heavy atom. The van der Waals surface area contributed by atoms with Crippen LogP contribution in [0.25, 0.3) is 6.08 Å². The summed E-state index contributed by atoms with van der Waals surface area (Å²) >= 11 is 0. The van der Waals surface area contributed by atoms with E-state index in [9.17, 15) is 0 Å². The van der Waals surface area contributed by atoms with E-state index in [1.807, 2.05) is 12.1 Å². The van der Waals surface area contributed by atoms with E-state index in [0.29, 0.717) is 0 Å². The summed E-state index contributed by atoms with van der Waals surface area (Å²) in [7, 11) is 1.69. The number of benzene rings is 1. The van der Waals surface area contributed by atoms with E-state index in [-0.39, 0.29) is 5.60 Å². The molecule has 0 bridgehead atoms. The maximum absolute atomic E-state index is 6.19. The second-order valence-electron chi connectivity index (χ2n) is 4.59. The molecule has 84 valence electrons. The minimum absolute atomic E-state index is 0.0539. The average Bonchev–Trinajstić information content (AvgIpc) is 2.77. The zero-order valence-electron chi connectivity index (χ0n) is 9.53. The number of hydrogen-bond acceptors (Lipinski definition) is 2. The average molecular weight is 216 g/mol. The quantitative estimate of drug-likeness (QED) is 0.716. The molecule has 16 heavy (non-hydrogen) atoms. The molecular formula is C14H16O2. The van der Waals surface area contributed by atoms with Crippen molar-refractivity contribution in [3.8, 4) is 11.5 Å². The second-order valence-corrected chi connectivity index (χ2v) is 4.59. The molecular weight excluding hydrogens is 200 g/mol. The molecule has 0 amide bonds. The van der Waals surface area contributed by atoms with Gasteiger partial charge in [-0.1, -0.05) is 18.2 Å². The normalized spacial score (nSPS) is 20.6. The Labute approximate surface area is 95.9 Å². The topological polar surface area (TPSA) is 18.5 Å². The van der Waals surface area contributed by atoms with E-state index in [0.717, 1.165) is 29.9 Å². The molecule has 0 unspecified atom stereocenters. The van der Waals surface area contributed by atoms with Gasteiger partial charge in [-0.15, -0.1) is 0 Å². The Bertz CT molecular complexity index is 428. The van der Waals surface area contributed by atoms with Gasteiger partial charge in [0.15, 0.2) is 11.5 Å². The Hall–Kier alpha value is -1.44. The molecule has 2 nitrogen and oxygen atoms in total. The van der Waals surface area contributed by atoms with Gasteiger partial charge in [-0.2, -0.15) is 0 Å². The maximum atomic E-state index is 6.19. The number of methoxy groups -OCH3 is 1. The highest BCUT2D eigenvalue weighted by Crippen LogP contribution is 2.44. The van der Waals surface area contributed by atoms with Crippen LogP contribution >= 0.6 is 0 Å². The number of ether oxygens (including phenoxy) is 2. The SMILES string of the molecule is COc1cccc2c1OC1(C=C2)CCCC1. The van der Waals surface area contributed by atoms with Crippen LogP contribution in [0.1, 0.15) is 31.2 Å². The maximum Gasteiger partial charge on any atom is 0.169 e. The van der Waals surface area contributed by atoms with Crippen molar-refractivity contribution < 1.29 is 9.47 Å². The monoisotopic (exact) mass is 216 g/mol. The lowest BCUT2D eigenvalue weighted by Crippen LogP contribution is -2.32. The standard InChI is InChI=1S/C14H16O2/c1-15-12-6-4-5-11-7-10-14(16-13(11)12)8-2-3-9-14/h4-7,10H,2-3,8-9H2,1H3. The molecule has 0 saturated heterocycles. The van der Waals surface area contributed by atoms with Gasteiger partial charge in [0.2, 0.25) is 0 Å². The Morgan fingerprint density at radius 1 is 1.25 bits per heavy atom. The van der Waals surface area contributed by atoms with Crippen LogP contribution in [0.5, 0.6) is 11.5 Å². The van der Waals surface area contributed by atoms with Gasteiger partial charge >= 0.3 is 0 Å². The lowest BCUT2D eigenvalue weighted by molar-refractivity contribution is 0.120. The van der Waals surface area contributed by atoms with Gasteiger partial charge in [-0.3, -0.25) is 0 Å². The smallest absolute Gasteiger partial charge is 0.169 e. The molecule has 0 atom stereocenters. The predicted molar refractivity (Wildman–Crippen MR) is 63.9 cm³/mol. The molecule has 1 spiro atoms. The molecule has 1 aromatic rings. The fourth-order valence-corrected chi connectivity index (χ4v) is 2.66. The summed E-state index contributed by atoms with van der Waals surface area (Å²) < 4.78 is 11.5. The van der Waals surface area contributed by atoms with Crippen LogP contribution in [-0.4, -0.2) is 12.7 Å². The molecule has 0 radical (unpaired) electrons. The first kappa shape index (κ1) is 9.76. The Kier molecular flexibility index (Phi) is 2.16. The first-order valence-electron chi connectivity index (χ1n) is 5.88. The van der Waals surface area contributed by atoms with Gasteiger partial charge in [0.25, 0.3) is 0 Å². The number of rotatable bonds is 1. The predicted octanol–water partition coefficient (Wildman–Crippen LogP) is 3.41. The van der Waals surface area contributed by atoms with Gasteiger partial charge < -0.3 is 9.47 Å². The van der Waals surface area contributed by atoms with Crippen molar-refractivity contribution in [3.63, 3.8) is 0 Å². The molecule has 1 heterocycles. The van der Waals surface area contributed by atoms with Crippen molar-refractivity contribution in [2.75, 3.05) is 7.11 Å². The molecule has 2 aliphatic rings. The highest BCUT2D eigenvalue weighted by molar-refractivity contribution is 5.65. The lowest BCUT2D eigenvalue weighted by atomic mass is 9.96. The zero-order chi connectivity index (χ0) is 11.0. The van der Waals surface area contributed by atoms with Crippen LogP contribution in [0.3, 0.4) is 0 Å². The number of hydrogen-bond donors (Lipinski definition) is 0. The highest BCUT2D eigenvalue weighted by Gasteiger charge is 2.36. The third-order valence-corrected chi connectivity index (χ3v) is 3.55. The summed E-state index contributed by atoms with van der Waals surface area (Å²) in [6.07, 6.45) is 9.17. The summed E-state index contributed by atoms with van der Waals surface area (Å²) in [4.78, 5) is 0. The summed E-state index contributed by atoms with van der Waals surface area (Å²) in [5, 5.41) is 0. The minimum Gasteiger partial charge on any atom is -0.493 e. The molecule has 1 aliphatic heterocycles. The summed E-state index contributed by atoms with van der Waals surface area (Å²) in [5.74, 6) is 1.75. The highest BCUT2D eigenvalue weighted by atomic mass is 16.5. The second kappa shape index (κ2) is 3.55. The lowest BCUT2D eigenvalue weighted by Gasteiger charge is -2.31. The van der Waals surface area contributed by atoms with Crippen molar-refractivity contribution in [1.29, 1.82) is 0 Å². The van der Waals surface area contributed by atoms with E-state index in [1.54, 1.807) is 7.11 Å². The van der Waals surface area contributed by atoms with Gasteiger partial charge in [-0.25, -0.2) is 0 Å². The molecule has 1 aliphatic carbocycles. The molecule has 0 aromatic heterocycles. The Morgan fingerprint density at radius 2 is 2.06 bits per heavy atom. The van der Waals surface area contributed by atoms with Crippen LogP contribution in [0.15, 0.2) is 24.3 Å². The van der Waals surface area contributed by atoms with E-state index < -0.39 is 0 Å². The molecule has 1 aromatic carbocycles. The third kappa shape index (κ3) is 1.41. The van der Waals surface area contributed by atoms with Gasteiger partial charge in [0, 0.05) is 5.56 Å². The van der Waals surface area contributed by atoms with Crippen molar-refractivity contribution in [2.45, 2.75) is 31.3 Å². The first-order chi connectivity index (χ1) is 7.83. The fourth-order valence-electron chi connectivity index (χ4n) is 2.66. The van der Waals surface area contributed by atoms with E-state index in [4.69, 9.17) is 9.47 Å². The summed E-state index contributed by atoms with van der Waals surface area (Å²) in [6.45, 7) is 0. The first-order valence-corrected chi connectivity index (χ1v) is 5.88.